The maximum absolute atomic E-state index is 11.2. The van der Waals surface area contributed by atoms with Crippen molar-refractivity contribution in [2.45, 2.75) is 13.8 Å². The van der Waals surface area contributed by atoms with Crippen LogP contribution < -0.4 is 10.6 Å². The first kappa shape index (κ1) is 14.8. The molecule has 0 aliphatic carbocycles. The summed E-state index contributed by atoms with van der Waals surface area (Å²) in [5.74, 6) is 0.390. The monoisotopic (exact) mass is 307 g/mol. The highest BCUT2D eigenvalue weighted by Crippen LogP contribution is 2.21. The van der Waals surface area contributed by atoms with Crippen LogP contribution >= 0.6 is 0 Å². The van der Waals surface area contributed by atoms with Crippen LogP contribution in [0.5, 0.6) is 0 Å². The van der Waals surface area contributed by atoms with Crippen LogP contribution in [-0.2, 0) is 4.79 Å². The number of para-hydroxylation sites is 1. The van der Waals surface area contributed by atoms with E-state index in [0.29, 0.717) is 5.95 Å². The molecule has 0 saturated carbocycles. The molecule has 1 aromatic heterocycles. The summed E-state index contributed by atoms with van der Waals surface area (Å²) in [4.78, 5) is 15.5. The lowest BCUT2D eigenvalue weighted by Gasteiger charge is -2.08. The number of rotatable bonds is 4. The number of amides is 1. The molecule has 0 aliphatic heterocycles. The molecule has 1 amide bonds. The highest BCUT2D eigenvalue weighted by molar-refractivity contribution is 5.89. The predicted molar refractivity (Wildman–Crippen MR) is 90.1 cm³/mol. The largest absolute Gasteiger partial charge is 0.326 e. The second-order valence-corrected chi connectivity index (χ2v) is 5.24. The average Bonchev–Trinajstić information content (AvgIpc) is 2.95. The summed E-state index contributed by atoms with van der Waals surface area (Å²) in [6, 6.07) is 15.5. The van der Waals surface area contributed by atoms with Crippen LogP contribution in [0.2, 0.25) is 0 Å². The van der Waals surface area contributed by atoms with E-state index >= 15 is 0 Å². The molecule has 23 heavy (non-hydrogen) atoms. The molecule has 0 unspecified atom stereocenters. The molecular formula is C17H17N5O. The van der Waals surface area contributed by atoms with E-state index in [0.717, 1.165) is 22.6 Å². The minimum Gasteiger partial charge on any atom is -0.326 e. The highest BCUT2D eigenvalue weighted by Gasteiger charge is 2.05. The lowest BCUT2D eigenvalue weighted by Crippen LogP contribution is -2.06. The molecule has 2 N–H and O–H groups in total. The second-order valence-electron chi connectivity index (χ2n) is 5.24. The van der Waals surface area contributed by atoms with Gasteiger partial charge < -0.3 is 10.6 Å². The zero-order chi connectivity index (χ0) is 16.2. The summed E-state index contributed by atoms with van der Waals surface area (Å²) in [7, 11) is 0. The van der Waals surface area contributed by atoms with Gasteiger partial charge in [0.15, 0.2) is 0 Å². The number of nitrogens with zero attached hydrogens (tertiary/aromatic N) is 3. The highest BCUT2D eigenvalue weighted by atomic mass is 16.1. The van der Waals surface area contributed by atoms with Crippen molar-refractivity contribution in [1.82, 2.24) is 14.8 Å². The molecule has 6 nitrogen and oxygen atoms in total. The number of aromatic nitrogens is 3. The van der Waals surface area contributed by atoms with Crippen molar-refractivity contribution in [2.24, 2.45) is 0 Å². The Balaban J connectivity index is 1.81. The van der Waals surface area contributed by atoms with Crippen LogP contribution in [0, 0.1) is 6.92 Å². The van der Waals surface area contributed by atoms with Gasteiger partial charge >= 0.3 is 0 Å². The maximum atomic E-state index is 11.2. The van der Waals surface area contributed by atoms with Gasteiger partial charge in [0.25, 0.3) is 0 Å². The Morgan fingerprint density at radius 1 is 1.09 bits per heavy atom. The van der Waals surface area contributed by atoms with E-state index in [4.69, 9.17) is 0 Å². The first-order valence-corrected chi connectivity index (χ1v) is 7.23. The molecule has 0 atom stereocenters. The SMILES string of the molecule is CC(=O)Nc1cc(C)cc(Nc2ncn(-c3ccccc3)n2)c1. The Morgan fingerprint density at radius 3 is 2.57 bits per heavy atom. The van der Waals surface area contributed by atoms with Gasteiger partial charge in [-0.3, -0.25) is 4.79 Å². The van der Waals surface area contributed by atoms with Gasteiger partial charge in [-0.1, -0.05) is 18.2 Å². The molecule has 0 saturated heterocycles. The van der Waals surface area contributed by atoms with Crippen molar-refractivity contribution in [2.75, 3.05) is 10.6 Å². The van der Waals surface area contributed by atoms with Crippen molar-refractivity contribution in [3.8, 4) is 5.69 Å². The van der Waals surface area contributed by atoms with E-state index in [-0.39, 0.29) is 5.91 Å². The van der Waals surface area contributed by atoms with Gasteiger partial charge in [0.2, 0.25) is 11.9 Å². The Morgan fingerprint density at radius 2 is 1.83 bits per heavy atom. The Kier molecular flexibility index (Phi) is 4.05. The first-order chi connectivity index (χ1) is 11.1. The molecule has 116 valence electrons. The zero-order valence-corrected chi connectivity index (χ0v) is 12.9. The van der Waals surface area contributed by atoms with Gasteiger partial charge in [-0.25, -0.2) is 4.68 Å². The molecular weight excluding hydrogens is 290 g/mol. The van der Waals surface area contributed by atoms with Gasteiger partial charge in [-0.15, -0.1) is 5.10 Å². The lowest BCUT2D eigenvalue weighted by atomic mass is 10.2. The van der Waals surface area contributed by atoms with E-state index in [1.807, 2.05) is 55.5 Å². The van der Waals surface area contributed by atoms with Crippen molar-refractivity contribution in [3.63, 3.8) is 0 Å². The van der Waals surface area contributed by atoms with Crippen LogP contribution in [0.25, 0.3) is 5.69 Å². The van der Waals surface area contributed by atoms with Gasteiger partial charge in [-0.2, -0.15) is 4.98 Å². The summed E-state index contributed by atoms with van der Waals surface area (Å²) < 4.78 is 1.70. The number of nitrogens with one attached hydrogen (secondary N) is 2. The molecule has 3 rings (SSSR count). The fourth-order valence-corrected chi connectivity index (χ4v) is 2.29. The number of benzene rings is 2. The Labute approximate surface area is 134 Å². The lowest BCUT2D eigenvalue weighted by molar-refractivity contribution is -0.114. The van der Waals surface area contributed by atoms with Crippen LogP contribution in [0.15, 0.2) is 54.9 Å². The summed E-state index contributed by atoms with van der Waals surface area (Å²) >= 11 is 0. The number of hydrogen-bond acceptors (Lipinski definition) is 4. The van der Waals surface area contributed by atoms with E-state index in [1.54, 1.807) is 11.0 Å². The Hall–Kier alpha value is -3.15. The molecule has 0 fully saturated rings. The van der Waals surface area contributed by atoms with E-state index in [2.05, 4.69) is 20.7 Å². The second kappa shape index (κ2) is 6.31. The van der Waals surface area contributed by atoms with Crippen LogP contribution in [-0.4, -0.2) is 20.7 Å². The van der Waals surface area contributed by atoms with Gasteiger partial charge in [0.1, 0.15) is 6.33 Å². The van der Waals surface area contributed by atoms with Crippen molar-refractivity contribution < 1.29 is 4.79 Å². The third kappa shape index (κ3) is 3.74. The van der Waals surface area contributed by atoms with Crippen molar-refractivity contribution >= 4 is 23.2 Å². The Bertz CT molecular complexity index is 826. The predicted octanol–water partition coefficient (Wildman–Crippen LogP) is 3.28. The van der Waals surface area contributed by atoms with Gasteiger partial charge in [0, 0.05) is 18.3 Å². The first-order valence-electron chi connectivity index (χ1n) is 7.23. The molecule has 1 heterocycles. The minimum absolute atomic E-state index is 0.104. The zero-order valence-electron chi connectivity index (χ0n) is 12.9. The summed E-state index contributed by atoms with van der Waals surface area (Å²) in [5.41, 5.74) is 3.53. The van der Waals surface area contributed by atoms with E-state index < -0.39 is 0 Å². The third-order valence-electron chi connectivity index (χ3n) is 3.17. The minimum atomic E-state index is -0.104. The number of hydrogen-bond donors (Lipinski definition) is 2. The fraction of sp³-hybridized carbons (Fsp3) is 0.118. The number of carbonyl (C=O) groups is 1. The standard InChI is InChI=1S/C17H17N5O/c1-12-8-14(19-13(2)23)10-15(9-12)20-17-18-11-22(21-17)16-6-4-3-5-7-16/h3-11H,1-2H3,(H,19,23)(H,20,21). The molecule has 0 radical (unpaired) electrons. The molecule has 0 spiro atoms. The average molecular weight is 307 g/mol. The van der Waals surface area contributed by atoms with Gasteiger partial charge in [-0.05, 0) is 42.8 Å². The van der Waals surface area contributed by atoms with E-state index in [9.17, 15) is 4.79 Å². The fourth-order valence-electron chi connectivity index (χ4n) is 2.29. The number of carbonyl (C=O) groups excluding carboxylic acids is 1. The third-order valence-corrected chi connectivity index (χ3v) is 3.17. The number of aryl methyl sites for hydroxylation is 1. The van der Waals surface area contributed by atoms with Crippen LogP contribution in [0.1, 0.15) is 12.5 Å². The van der Waals surface area contributed by atoms with E-state index in [1.165, 1.54) is 6.92 Å². The number of anilines is 3. The molecule has 0 bridgehead atoms. The molecule has 6 heteroatoms. The van der Waals surface area contributed by atoms with Crippen molar-refractivity contribution in [1.29, 1.82) is 0 Å². The van der Waals surface area contributed by atoms with Crippen molar-refractivity contribution in [3.05, 3.63) is 60.4 Å². The maximum Gasteiger partial charge on any atom is 0.246 e. The van der Waals surface area contributed by atoms with Gasteiger partial charge in [0.05, 0.1) is 5.69 Å². The van der Waals surface area contributed by atoms with Crippen LogP contribution in [0.4, 0.5) is 17.3 Å². The molecule has 0 aliphatic rings. The molecule has 2 aromatic carbocycles. The topological polar surface area (TPSA) is 71.8 Å². The summed E-state index contributed by atoms with van der Waals surface area (Å²) in [6.45, 7) is 3.45. The quantitative estimate of drug-likeness (QED) is 0.776. The summed E-state index contributed by atoms with van der Waals surface area (Å²) in [5, 5.41) is 10.3. The summed E-state index contributed by atoms with van der Waals surface area (Å²) in [6.07, 6.45) is 1.65. The normalized spacial score (nSPS) is 10.3. The molecule has 3 aromatic rings. The van der Waals surface area contributed by atoms with Crippen LogP contribution in [0.3, 0.4) is 0 Å². The smallest absolute Gasteiger partial charge is 0.246 e.